The lowest BCUT2D eigenvalue weighted by Crippen LogP contribution is -2.56. The van der Waals surface area contributed by atoms with Crippen LogP contribution in [0.5, 0.6) is 5.75 Å². The average molecular weight is 657 g/mol. The molecule has 1 saturated heterocycles. The number of oxime groups is 1. The molecule has 0 unspecified atom stereocenters. The van der Waals surface area contributed by atoms with Crippen LogP contribution in [0.3, 0.4) is 0 Å². The minimum atomic E-state index is -1.44. The number of fused-ring (bicyclic) bond motifs is 3. The molecule has 4 heterocycles. The maximum absolute atomic E-state index is 14.3. The third-order valence-electron chi connectivity index (χ3n) is 9.36. The lowest BCUT2D eigenvalue weighted by Gasteiger charge is -2.30. The summed E-state index contributed by atoms with van der Waals surface area (Å²) in [6, 6.07) is 1.74. The van der Waals surface area contributed by atoms with Gasteiger partial charge < -0.3 is 35.0 Å². The molecule has 0 radical (unpaired) electrons. The first-order valence-corrected chi connectivity index (χ1v) is 16.4. The number of hydrogen-bond acceptors (Lipinski definition) is 8. The lowest BCUT2D eigenvalue weighted by molar-refractivity contribution is -0.145. The van der Waals surface area contributed by atoms with Crippen LogP contribution in [-0.2, 0) is 30.4 Å². The number of allylic oxidation sites excluding steroid dienone is 1. The van der Waals surface area contributed by atoms with Gasteiger partial charge in [-0.2, -0.15) is 0 Å². The highest BCUT2D eigenvalue weighted by molar-refractivity contribution is 6.32. The van der Waals surface area contributed by atoms with Crippen LogP contribution in [0.1, 0.15) is 83.3 Å². The Morgan fingerprint density at radius 2 is 2.00 bits per heavy atom. The Kier molecular flexibility index (Phi) is 8.45. The van der Waals surface area contributed by atoms with E-state index in [0.717, 1.165) is 36.8 Å². The van der Waals surface area contributed by atoms with E-state index in [1.165, 1.54) is 4.90 Å². The van der Waals surface area contributed by atoms with Gasteiger partial charge in [0.05, 0.1) is 23.9 Å². The summed E-state index contributed by atoms with van der Waals surface area (Å²) < 4.78 is 11.1. The number of carbonyl (C=O) groups excluding carboxylic acids is 3. The van der Waals surface area contributed by atoms with Gasteiger partial charge in [0.15, 0.2) is 5.60 Å². The fourth-order valence-corrected chi connectivity index (χ4v) is 7.23. The molecule has 13 heteroatoms. The number of alkyl carbamates (subject to hydrolysis) is 1. The van der Waals surface area contributed by atoms with Gasteiger partial charge in [-0.25, -0.2) is 9.59 Å². The van der Waals surface area contributed by atoms with Gasteiger partial charge in [0.1, 0.15) is 29.0 Å². The standard InChI is InChI=1S/C33H41ClN4O8/c1-31(2,3)45-30(43)35-23-10-8-6-4-5-7-9-21-15-33(21,29(41)42)36-27(39)25-17-32(18-38(25)28(23)40)16-24(37-46-32)20-13-19-11-12-44-26(19)22(34)14-20/h7,9,13-14,21,23,25H,4-6,8,10-12,15-18H2,1-3H3,(H,35,43)(H,36,39)(H,41,42)/b9-7-/t21-,23-,25-,32+,33+/m0/s1. The monoisotopic (exact) mass is 656 g/mol. The summed E-state index contributed by atoms with van der Waals surface area (Å²) in [6.45, 7) is 5.79. The predicted octanol–water partition coefficient (Wildman–Crippen LogP) is 4.11. The zero-order valence-electron chi connectivity index (χ0n) is 26.4. The number of rotatable bonds is 3. The Morgan fingerprint density at radius 3 is 2.76 bits per heavy atom. The first-order chi connectivity index (χ1) is 21.8. The largest absolute Gasteiger partial charge is 0.491 e. The van der Waals surface area contributed by atoms with Crippen molar-refractivity contribution in [2.75, 3.05) is 13.2 Å². The molecule has 12 nitrogen and oxygen atoms in total. The van der Waals surface area contributed by atoms with Gasteiger partial charge in [0.2, 0.25) is 11.8 Å². The van der Waals surface area contributed by atoms with E-state index in [0.29, 0.717) is 42.4 Å². The van der Waals surface area contributed by atoms with Crippen molar-refractivity contribution in [3.8, 4) is 5.75 Å². The number of carbonyl (C=O) groups is 4. The molecular formula is C33H41ClN4O8. The first kappa shape index (κ1) is 32.2. The van der Waals surface area contributed by atoms with Gasteiger partial charge in [-0.3, -0.25) is 9.59 Å². The molecule has 3 amide bonds. The number of nitrogens with zero attached hydrogens (tertiary/aromatic N) is 2. The third kappa shape index (κ3) is 6.41. The topological polar surface area (TPSA) is 156 Å². The predicted molar refractivity (Wildman–Crippen MR) is 168 cm³/mol. The SMILES string of the molecule is CC(C)(C)OC(=O)N[C@H]1CCCCC/C=C\[C@H]2C[C@@]2(C(=O)O)NC(=O)[C@@H]2C[C@]3(CC(c4cc(Cl)c5c(c4)CCO5)=NO3)CN2C1=O. The second-order valence-corrected chi connectivity index (χ2v) is 14.5. The highest BCUT2D eigenvalue weighted by Crippen LogP contribution is 2.46. The van der Waals surface area contributed by atoms with Crippen molar-refractivity contribution in [1.82, 2.24) is 15.5 Å². The Labute approximate surface area is 272 Å². The minimum Gasteiger partial charge on any atom is -0.491 e. The van der Waals surface area contributed by atoms with E-state index in [4.69, 9.17) is 25.9 Å². The van der Waals surface area contributed by atoms with Crippen LogP contribution >= 0.6 is 11.6 Å². The van der Waals surface area contributed by atoms with Crippen LogP contribution in [-0.4, -0.2) is 81.6 Å². The van der Waals surface area contributed by atoms with E-state index >= 15 is 0 Å². The van der Waals surface area contributed by atoms with Crippen LogP contribution in [0.25, 0.3) is 0 Å². The molecule has 248 valence electrons. The normalized spacial score (nSPS) is 31.6. The second kappa shape index (κ2) is 12.1. The Hall–Kier alpha value is -3.80. The van der Waals surface area contributed by atoms with Gasteiger partial charge in [0, 0.05) is 30.7 Å². The van der Waals surface area contributed by atoms with Gasteiger partial charge in [-0.1, -0.05) is 41.8 Å². The Balaban J connectivity index is 1.29. The lowest BCUT2D eigenvalue weighted by atomic mass is 9.91. The zero-order chi connectivity index (χ0) is 32.9. The summed E-state index contributed by atoms with van der Waals surface area (Å²) in [6.07, 6.45) is 7.88. The van der Waals surface area contributed by atoms with Gasteiger partial charge >= 0.3 is 12.1 Å². The maximum Gasteiger partial charge on any atom is 0.408 e. The summed E-state index contributed by atoms with van der Waals surface area (Å²) in [5.74, 6) is -1.83. The fourth-order valence-electron chi connectivity index (χ4n) is 6.93. The number of carboxylic acids is 1. The van der Waals surface area contributed by atoms with Crippen LogP contribution in [0.4, 0.5) is 4.79 Å². The molecule has 1 aliphatic carbocycles. The molecule has 4 aliphatic heterocycles. The number of carboxylic acid groups (broad SMARTS) is 1. The van der Waals surface area contributed by atoms with Gasteiger partial charge in [0.25, 0.3) is 0 Å². The highest BCUT2D eigenvalue weighted by atomic mass is 35.5. The van der Waals surface area contributed by atoms with Crippen molar-refractivity contribution in [2.45, 2.75) is 107 Å². The Morgan fingerprint density at radius 1 is 1.20 bits per heavy atom. The highest BCUT2D eigenvalue weighted by Gasteiger charge is 2.62. The molecule has 0 bridgehead atoms. The van der Waals surface area contributed by atoms with Gasteiger partial charge in [-0.15, -0.1) is 0 Å². The van der Waals surface area contributed by atoms with Gasteiger partial charge in [-0.05, 0) is 64.2 Å². The molecule has 1 saturated carbocycles. The number of nitrogens with one attached hydrogen (secondary N) is 2. The van der Waals surface area contributed by atoms with Crippen molar-refractivity contribution >= 4 is 41.2 Å². The summed E-state index contributed by atoms with van der Waals surface area (Å²) in [5, 5.41) is 20.5. The van der Waals surface area contributed by atoms with Crippen molar-refractivity contribution < 1.29 is 38.6 Å². The van der Waals surface area contributed by atoms with E-state index in [9.17, 15) is 24.3 Å². The maximum atomic E-state index is 14.3. The summed E-state index contributed by atoms with van der Waals surface area (Å²) >= 11 is 6.50. The zero-order valence-corrected chi connectivity index (χ0v) is 27.2. The third-order valence-corrected chi connectivity index (χ3v) is 9.64. The van der Waals surface area contributed by atoms with E-state index < -0.39 is 52.7 Å². The molecule has 1 aromatic carbocycles. The number of benzene rings is 1. The fraction of sp³-hybridized carbons (Fsp3) is 0.606. The van der Waals surface area contributed by atoms with Crippen LogP contribution in [0, 0.1) is 5.92 Å². The first-order valence-electron chi connectivity index (χ1n) is 16.0. The number of amides is 3. The molecule has 1 spiro atoms. The molecular weight excluding hydrogens is 616 g/mol. The number of halogens is 1. The smallest absolute Gasteiger partial charge is 0.408 e. The van der Waals surface area contributed by atoms with Crippen molar-refractivity contribution in [3.63, 3.8) is 0 Å². The quantitative estimate of drug-likeness (QED) is 0.411. The molecule has 46 heavy (non-hydrogen) atoms. The Bertz CT molecular complexity index is 1500. The number of aliphatic carboxylic acids is 1. The van der Waals surface area contributed by atoms with Crippen molar-refractivity contribution in [2.24, 2.45) is 11.1 Å². The van der Waals surface area contributed by atoms with Crippen LogP contribution in [0.2, 0.25) is 5.02 Å². The van der Waals surface area contributed by atoms with E-state index in [1.807, 2.05) is 18.2 Å². The average Bonchev–Trinajstić information content (AvgIpc) is 3.34. The molecule has 3 N–H and O–H groups in total. The van der Waals surface area contributed by atoms with Crippen LogP contribution in [0.15, 0.2) is 29.4 Å². The summed E-state index contributed by atoms with van der Waals surface area (Å²) in [7, 11) is 0. The number of hydrogen-bond donors (Lipinski definition) is 3. The summed E-state index contributed by atoms with van der Waals surface area (Å²) in [4.78, 5) is 61.0. The molecule has 5 aliphatic rings. The molecule has 0 aromatic heterocycles. The molecule has 2 fully saturated rings. The molecule has 6 rings (SSSR count). The van der Waals surface area contributed by atoms with E-state index in [-0.39, 0.29) is 25.3 Å². The summed E-state index contributed by atoms with van der Waals surface area (Å²) in [5.41, 5.74) is -0.867. The van der Waals surface area contributed by atoms with Crippen LogP contribution < -0.4 is 15.4 Å². The molecule has 5 atom stereocenters. The van der Waals surface area contributed by atoms with E-state index in [1.54, 1.807) is 26.8 Å². The second-order valence-electron chi connectivity index (χ2n) is 14.1. The van der Waals surface area contributed by atoms with Crippen molar-refractivity contribution in [3.05, 3.63) is 40.4 Å². The van der Waals surface area contributed by atoms with Crippen molar-refractivity contribution in [1.29, 1.82) is 0 Å². The number of ether oxygens (including phenoxy) is 2. The van der Waals surface area contributed by atoms with E-state index in [2.05, 4.69) is 15.8 Å². The minimum absolute atomic E-state index is 0.0224. The molecule has 1 aromatic rings.